The number of nitrogens with zero attached hydrogens (tertiary/aromatic N) is 1. The highest BCUT2D eigenvalue weighted by molar-refractivity contribution is 5.09. The largest absolute Gasteiger partial charge is 0.396 e. The molecule has 1 unspecified atom stereocenters. The van der Waals surface area contributed by atoms with Crippen LogP contribution in [0.25, 0.3) is 0 Å². The third-order valence-electron chi connectivity index (χ3n) is 2.45. The summed E-state index contributed by atoms with van der Waals surface area (Å²) in [4.78, 5) is 3.98. The van der Waals surface area contributed by atoms with Crippen LogP contribution in [0.4, 0.5) is 0 Å². The zero-order valence-corrected chi connectivity index (χ0v) is 9.32. The molecule has 84 valence electrons. The lowest BCUT2D eigenvalue weighted by Crippen LogP contribution is -2.24. The van der Waals surface area contributed by atoms with Crippen molar-refractivity contribution in [2.45, 2.75) is 19.8 Å². The van der Waals surface area contributed by atoms with Gasteiger partial charge in [-0.15, -0.1) is 0 Å². The van der Waals surface area contributed by atoms with E-state index in [1.165, 1.54) is 5.56 Å². The number of hydrogen-bond acceptors (Lipinski definition) is 3. The molecule has 3 heteroatoms. The van der Waals surface area contributed by atoms with Crippen molar-refractivity contribution in [2.75, 3.05) is 19.7 Å². The molecule has 0 radical (unpaired) electrons. The first-order valence-corrected chi connectivity index (χ1v) is 5.53. The second-order valence-electron chi connectivity index (χ2n) is 3.93. The zero-order valence-electron chi connectivity index (χ0n) is 9.32. The van der Waals surface area contributed by atoms with Crippen molar-refractivity contribution >= 4 is 0 Å². The van der Waals surface area contributed by atoms with Gasteiger partial charge in [0, 0.05) is 19.0 Å². The summed E-state index contributed by atoms with van der Waals surface area (Å²) in [6.07, 6.45) is 5.56. The Morgan fingerprint density at radius 2 is 2.13 bits per heavy atom. The molecule has 1 aromatic heterocycles. The Morgan fingerprint density at radius 3 is 2.80 bits per heavy atom. The predicted octanol–water partition coefficient (Wildman–Crippen LogP) is 1.23. The standard InChI is InChI=1S/C12H20N2O/c1-11(5-9-15)10-14-8-4-12-2-6-13-7-3-12/h2-3,6-7,11,14-15H,4-5,8-10H2,1H3. The lowest BCUT2D eigenvalue weighted by atomic mass is 10.1. The maximum Gasteiger partial charge on any atom is 0.0434 e. The van der Waals surface area contributed by atoms with Crippen LogP contribution in [0.15, 0.2) is 24.5 Å². The van der Waals surface area contributed by atoms with E-state index in [1.807, 2.05) is 24.5 Å². The van der Waals surface area contributed by atoms with E-state index in [0.717, 1.165) is 25.9 Å². The average Bonchev–Trinajstić information content (AvgIpc) is 2.26. The Labute approximate surface area is 91.5 Å². The summed E-state index contributed by atoms with van der Waals surface area (Å²) in [5.74, 6) is 0.549. The summed E-state index contributed by atoms with van der Waals surface area (Å²) in [5, 5.41) is 12.1. The van der Waals surface area contributed by atoms with Gasteiger partial charge in [-0.1, -0.05) is 6.92 Å². The van der Waals surface area contributed by atoms with Crippen LogP contribution in [0, 0.1) is 5.92 Å². The molecular formula is C12H20N2O. The van der Waals surface area contributed by atoms with Gasteiger partial charge < -0.3 is 10.4 Å². The molecule has 0 saturated carbocycles. The van der Waals surface area contributed by atoms with Crippen LogP contribution in [0.1, 0.15) is 18.9 Å². The highest BCUT2D eigenvalue weighted by atomic mass is 16.3. The van der Waals surface area contributed by atoms with E-state index < -0.39 is 0 Å². The van der Waals surface area contributed by atoms with Gasteiger partial charge >= 0.3 is 0 Å². The number of pyridine rings is 1. The molecule has 1 rings (SSSR count). The van der Waals surface area contributed by atoms with Crippen molar-refractivity contribution in [3.05, 3.63) is 30.1 Å². The number of rotatable bonds is 7. The van der Waals surface area contributed by atoms with Gasteiger partial charge in [0.15, 0.2) is 0 Å². The second kappa shape index (κ2) is 7.37. The Kier molecular flexibility index (Phi) is 5.97. The van der Waals surface area contributed by atoms with E-state index in [2.05, 4.69) is 17.2 Å². The third kappa shape index (κ3) is 5.50. The summed E-state index contributed by atoms with van der Waals surface area (Å²) in [5.41, 5.74) is 1.31. The van der Waals surface area contributed by atoms with Gasteiger partial charge in [-0.3, -0.25) is 4.98 Å². The summed E-state index contributed by atoms with van der Waals surface area (Å²) in [6.45, 7) is 4.40. The number of nitrogens with one attached hydrogen (secondary N) is 1. The van der Waals surface area contributed by atoms with E-state index in [0.29, 0.717) is 5.92 Å². The smallest absolute Gasteiger partial charge is 0.0434 e. The van der Waals surface area contributed by atoms with Crippen LogP contribution in [0.2, 0.25) is 0 Å². The number of aliphatic hydroxyl groups is 1. The number of aliphatic hydroxyl groups excluding tert-OH is 1. The average molecular weight is 208 g/mol. The summed E-state index contributed by atoms with van der Waals surface area (Å²) >= 11 is 0. The normalized spacial score (nSPS) is 12.7. The molecule has 3 nitrogen and oxygen atoms in total. The SMILES string of the molecule is CC(CCO)CNCCc1ccncc1. The first-order valence-electron chi connectivity index (χ1n) is 5.53. The van der Waals surface area contributed by atoms with Crippen molar-refractivity contribution < 1.29 is 5.11 Å². The van der Waals surface area contributed by atoms with E-state index in [1.54, 1.807) is 0 Å². The summed E-state index contributed by atoms with van der Waals surface area (Å²) in [7, 11) is 0. The van der Waals surface area contributed by atoms with Gasteiger partial charge in [-0.25, -0.2) is 0 Å². The van der Waals surface area contributed by atoms with E-state index >= 15 is 0 Å². The summed E-state index contributed by atoms with van der Waals surface area (Å²) in [6, 6.07) is 4.08. The van der Waals surface area contributed by atoms with E-state index in [-0.39, 0.29) is 6.61 Å². The zero-order chi connectivity index (χ0) is 10.9. The van der Waals surface area contributed by atoms with Crippen molar-refractivity contribution in [2.24, 2.45) is 5.92 Å². The molecule has 1 heterocycles. The Balaban J connectivity index is 2.07. The molecule has 0 saturated heterocycles. The maximum absolute atomic E-state index is 8.74. The first-order chi connectivity index (χ1) is 7.33. The van der Waals surface area contributed by atoms with Gasteiger partial charge in [-0.2, -0.15) is 0 Å². The first kappa shape index (κ1) is 12.1. The van der Waals surface area contributed by atoms with Crippen LogP contribution in [0.3, 0.4) is 0 Å². The fourth-order valence-corrected chi connectivity index (χ4v) is 1.45. The Bertz CT molecular complexity index is 251. The fraction of sp³-hybridized carbons (Fsp3) is 0.583. The quantitative estimate of drug-likeness (QED) is 0.662. The molecule has 0 spiro atoms. The number of aromatic nitrogens is 1. The van der Waals surface area contributed by atoms with Crippen LogP contribution in [0.5, 0.6) is 0 Å². The Morgan fingerprint density at radius 1 is 1.40 bits per heavy atom. The molecule has 0 fully saturated rings. The highest BCUT2D eigenvalue weighted by Crippen LogP contribution is 1.99. The topological polar surface area (TPSA) is 45.1 Å². The van der Waals surface area contributed by atoms with Gasteiger partial charge in [-0.05, 0) is 49.5 Å². The van der Waals surface area contributed by atoms with Crippen LogP contribution in [-0.4, -0.2) is 29.8 Å². The van der Waals surface area contributed by atoms with Gasteiger partial charge in [0.2, 0.25) is 0 Å². The molecular weight excluding hydrogens is 188 g/mol. The van der Waals surface area contributed by atoms with E-state index in [4.69, 9.17) is 5.11 Å². The minimum atomic E-state index is 0.285. The molecule has 15 heavy (non-hydrogen) atoms. The van der Waals surface area contributed by atoms with Crippen LogP contribution in [-0.2, 0) is 6.42 Å². The molecule has 0 bridgehead atoms. The predicted molar refractivity (Wildman–Crippen MR) is 61.7 cm³/mol. The molecule has 0 amide bonds. The maximum atomic E-state index is 8.74. The monoisotopic (exact) mass is 208 g/mol. The third-order valence-corrected chi connectivity index (χ3v) is 2.45. The van der Waals surface area contributed by atoms with Gasteiger partial charge in [0.1, 0.15) is 0 Å². The van der Waals surface area contributed by atoms with Gasteiger partial charge in [0.25, 0.3) is 0 Å². The summed E-state index contributed by atoms with van der Waals surface area (Å²) < 4.78 is 0. The highest BCUT2D eigenvalue weighted by Gasteiger charge is 1.99. The van der Waals surface area contributed by atoms with Crippen LogP contribution < -0.4 is 5.32 Å². The molecule has 0 aromatic carbocycles. The minimum Gasteiger partial charge on any atom is -0.396 e. The fourth-order valence-electron chi connectivity index (χ4n) is 1.45. The molecule has 1 atom stereocenters. The second-order valence-corrected chi connectivity index (χ2v) is 3.93. The molecule has 2 N–H and O–H groups in total. The molecule has 0 aliphatic rings. The van der Waals surface area contributed by atoms with E-state index in [9.17, 15) is 0 Å². The van der Waals surface area contributed by atoms with Crippen molar-refractivity contribution in [1.82, 2.24) is 10.3 Å². The van der Waals surface area contributed by atoms with Crippen LogP contribution >= 0.6 is 0 Å². The molecule has 0 aliphatic carbocycles. The van der Waals surface area contributed by atoms with Crippen molar-refractivity contribution in [1.29, 1.82) is 0 Å². The van der Waals surface area contributed by atoms with Crippen molar-refractivity contribution in [3.8, 4) is 0 Å². The lowest BCUT2D eigenvalue weighted by Gasteiger charge is -2.10. The number of hydrogen-bond donors (Lipinski definition) is 2. The lowest BCUT2D eigenvalue weighted by molar-refractivity contribution is 0.260. The minimum absolute atomic E-state index is 0.285. The van der Waals surface area contributed by atoms with Crippen molar-refractivity contribution in [3.63, 3.8) is 0 Å². The molecule has 0 aliphatic heterocycles. The Hall–Kier alpha value is -0.930. The molecule has 1 aromatic rings. The van der Waals surface area contributed by atoms with Gasteiger partial charge in [0.05, 0.1) is 0 Å².